The first-order chi connectivity index (χ1) is 20.3. The van der Waals surface area contributed by atoms with Gasteiger partial charge in [-0.3, -0.25) is 0 Å². The highest BCUT2D eigenvalue weighted by Crippen LogP contribution is 2.44. The molecule has 4 aromatic carbocycles. The van der Waals surface area contributed by atoms with Crippen LogP contribution in [0.4, 0.5) is 4.79 Å². The Bertz CT molecular complexity index is 1380. The molecule has 0 fully saturated rings. The Morgan fingerprint density at radius 1 is 0.714 bits per heavy atom. The third-order valence-corrected chi connectivity index (χ3v) is 13.2. The lowest BCUT2D eigenvalue weighted by Gasteiger charge is -2.43. The molecule has 0 atom stereocenters. The molecule has 0 saturated carbocycles. The Hall–Kier alpha value is -3.71. The molecule has 0 spiro atoms. The van der Waals surface area contributed by atoms with Crippen molar-refractivity contribution in [3.63, 3.8) is 0 Å². The predicted octanol–water partition coefficient (Wildman–Crippen LogP) is 6.46. The van der Waals surface area contributed by atoms with Crippen molar-refractivity contribution < 1.29 is 18.7 Å². The zero-order valence-electron chi connectivity index (χ0n) is 25.1. The first-order valence-corrected chi connectivity index (χ1v) is 16.6. The summed E-state index contributed by atoms with van der Waals surface area (Å²) in [5.41, 5.74) is 4.85. The molecule has 1 aliphatic carbocycles. The van der Waals surface area contributed by atoms with Crippen LogP contribution in [0.5, 0.6) is 0 Å². The number of likely N-dealkylation sites (N-methyl/N-ethyl adjacent to an activating group) is 1. The minimum atomic E-state index is -2.59. The molecule has 6 heteroatoms. The summed E-state index contributed by atoms with van der Waals surface area (Å²) in [5.74, 6) is 0.0460. The van der Waals surface area contributed by atoms with E-state index in [9.17, 15) is 4.79 Å². The number of hydrogen-bond donors (Lipinski definition) is 0. The molecule has 42 heavy (non-hydrogen) atoms. The summed E-state index contributed by atoms with van der Waals surface area (Å²) in [6, 6.07) is 37.9. The summed E-state index contributed by atoms with van der Waals surface area (Å²) < 4.78 is 18.6. The average molecular weight is 580 g/mol. The summed E-state index contributed by atoms with van der Waals surface area (Å²) in [4.78, 5) is 14.4. The number of amides is 1. The van der Waals surface area contributed by atoms with Crippen LogP contribution in [0.15, 0.2) is 109 Å². The highest BCUT2D eigenvalue weighted by Gasteiger charge is 2.50. The van der Waals surface area contributed by atoms with Crippen LogP contribution in [-0.2, 0) is 13.9 Å². The van der Waals surface area contributed by atoms with Crippen LogP contribution in [0, 0.1) is 0 Å². The fraction of sp³-hybridized carbons (Fsp3) is 0.306. The standard InChI is InChI=1S/C36H41NO4Si/c1-36(2,3)42(28-15-7-5-8-16-28,29-17-9-6-10-18-29)41-26-25-39-24-23-37(4)35(38)40-27-34-32-21-13-11-19-30(32)31-20-12-14-22-33(31)34/h5-22,34H,23-27H2,1-4H3. The molecule has 0 aromatic heterocycles. The van der Waals surface area contributed by atoms with Crippen LogP contribution >= 0.6 is 0 Å². The fourth-order valence-electron chi connectivity index (χ4n) is 6.11. The molecule has 5 rings (SSSR count). The van der Waals surface area contributed by atoms with Crippen molar-refractivity contribution >= 4 is 24.8 Å². The molecule has 0 heterocycles. The second kappa shape index (κ2) is 13.1. The first kappa shape index (κ1) is 29.8. The Morgan fingerprint density at radius 3 is 1.74 bits per heavy atom. The van der Waals surface area contributed by atoms with E-state index in [1.807, 2.05) is 24.3 Å². The van der Waals surface area contributed by atoms with Gasteiger partial charge in [0.1, 0.15) is 6.61 Å². The lowest BCUT2D eigenvalue weighted by Crippen LogP contribution is -2.66. The smallest absolute Gasteiger partial charge is 0.409 e. The van der Waals surface area contributed by atoms with Gasteiger partial charge in [-0.2, -0.15) is 0 Å². The van der Waals surface area contributed by atoms with E-state index < -0.39 is 8.32 Å². The molecule has 5 nitrogen and oxygen atoms in total. The van der Waals surface area contributed by atoms with E-state index in [4.69, 9.17) is 13.9 Å². The number of benzene rings is 4. The Morgan fingerprint density at radius 2 is 1.21 bits per heavy atom. The van der Waals surface area contributed by atoms with Gasteiger partial charge in [0, 0.05) is 19.5 Å². The molecule has 0 radical (unpaired) electrons. The van der Waals surface area contributed by atoms with Crippen LogP contribution in [0.25, 0.3) is 11.1 Å². The van der Waals surface area contributed by atoms with E-state index in [-0.39, 0.29) is 17.0 Å². The highest BCUT2D eigenvalue weighted by molar-refractivity contribution is 6.99. The Kier molecular flexibility index (Phi) is 9.26. The van der Waals surface area contributed by atoms with E-state index in [0.29, 0.717) is 33.0 Å². The lowest BCUT2D eigenvalue weighted by atomic mass is 9.98. The van der Waals surface area contributed by atoms with Gasteiger partial charge in [-0.15, -0.1) is 0 Å². The minimum Gasteiger partial charge on any atom is -0.448 e. The van der Waals surface area contributed by atoms with E-state index in [2.05, 4.69) is 106 Å². The quantitative estimate of drug-likeness (QED) is 0.151. The summed E-state index contributed by atoms with van der Waals surface area (Å²) in [7, 11) is -0.837. The van der Waals surface area contributed by atoms with Crippen molar-refractivity contribution in [3.05, 3.63) is 120 Å². The Balaban J connectivity index is 1.13. The van der Waals surface area contributed by atoms with E-state index in [0.717, 1.165) is 0 Å². The maximum Gasteiger partial charge on any atom is 0.409 e. The van der Waals surface area contributed by atoms with Gasteiger partial charge in [-0.25, -0.2) is 4.79 Å². The van der Waals surface area contributed by atoms with Crippen molar-refractivity contribution in [2.75, 3.05) is 40.0 Å². The number of fused-ring (bicyclic) bond motifs is 3. The summed E-state index contributed by atoms with van der Waals surface area (Å²) >= 11 is 0. The Labute approximate surface area is 251 Å². The van der Waals surface area contributed by atoms with Gasteiger partial charge >= 0.3 is 6.09 Å². The van der Waals surface area contributed by atoms with Gasteiger partial charge in [-0.1, -0.05) is 130 Å². The summed E-state index contributed by atoms with van der Waals surface area (Å²) in [5, 5.41) is 2.41. The molecular formula is C36H41NO4Si. The van der Waals surface area contributed by atoms with Crippen LogP contribution < -0.4 is 10.4 Å². The van der Waals surface area contributed by atoms with Gasteiger partial charge in [0.25, 0.3) is 8.32 Å². The molecular weight excluding hydrogens is 538 g/mol. The molecule has 1 aliphatic rings. The zero-order chi connectivity index (χ0) is 29.6. The second-order valence-electron chi connectivity index (χ2n) is 11.8. The van der Waals surface area contributed by atoms with Gasteiger partial charge in [0.15, 0.2) is 0 Å². The lowest BCUT2D eigenvalue weighted by molar-refractivity contribution is 0.0690. The SMILES string of the molecule is CN(CCOCCO[Si](c1ccccc1)(c1ccccc1)C(C)(C)C)C(=O)OCC1c2ccccc2-c2ccccc21. The topological polar surface area (TPSA) is 48.0 Å². The van der Waals surface area contributed by atoms with Gasteiger partial charge in [0.05, 0.1) is 19.8 Å². The van der Waals surface area contributed by atoms with E-state index in [1.165, 1.54) is 32.6 Å². The van der Waals surface area contributed by atoms with Crippen molar-refractivity contribution in [1.29, 1.82) is 0 Å². The number of nitrogens with zero attached hydrogens (tertiary/aromatic N) is 1. The van der Waals surface area contributed by atoms with Crippen molar-refractivity contribution in [3.8, 4) is 11.1 Å². The van der Waals surface area contributed by atoms with Gasteiger partial charge < -0.3 is 18.8 Å². The van der Waals surface area contributed by atoms with Gasteiger partial charge in [0.2, 0.25) is 0 Å². The molecule has 1 amide bonds. The van der Waals surface area contributed by atoms with Gasteiger partial charge in [-0.05, 0) is 37.7 Å². The van der Waals surface area contributed by atoms with Crippen LogP contribution in [0.3, 0.4) is 0 Å². The molecule has 0 bridgehead atoms. The molecule has 0 unspecified atom stereocenters. The van der Waals surface area contributed by atoms with Crippen molar-refractivity contribution in [1.82, 2.24) is 4.90 Å². The third-order valence-electron chi connectivity index (χ3n) is 8.18. The van der Waals surface area contributed by atoms with Crippen LogP contribution in [0.1, 0.15) is 37.8 Å². The monoisotopic (exact) mass is 579 g/mol. The molecule has 0 saturated heterocycles. The largest absolute Gasteiger partial charge is 0.448 e. The number of rotatable bonds is 11. The normalized spacial score (nSPS) is 13.0. The predicted molar refractivity (Wildman–Crippen MR) is 172 cm³/mol. The van der Waals surface area contributed by atoms with Crippen molar-refractivity contribution in [2.45, 2.75) is 31.7 Å². The maximum atomic E-state index is 12.8. The molecule has 4 aromatic rings. The van der Waals surface area contributed by atoms with E-state index in [1.54, 1.807) is 11.9 Å². The van der Waals surface area contributed by atoms with Crippen molar-refractivity contribution in [2.24, 2.45) is 0 Å². The zero-order valence-corrected chi connectivity index (χ0v) is 26.1. The number of carbonyl (C=O) groups excluding carboxylic acids is 1. The van der Waals surface area contributed by atoms with Crippen LogP contribution in [0.2, 0.25) is 5.04 Å². The highest BCUT2D eigenvalue weighted by atomic mass is 28.4. The molecule has 0 aliphatic heterocycles. The first-order valence-electron chi connectivity index (χ1n) is 14.7. The molecule has 0 N–H and O–H groups in total. The number of hydrogen-bond acceptors (Lipinski definition) is 4. The summed E-state index contributed by atoms with van der Waals surface area (Å²) in [6.45, 7) is 8.88. The summed E-state index contributed by atoms with van der Waals surface area (Å²) in [6.07, 6.45) is -0.343. The minimum absolute atomic E-state index is 0.0460. The maximum absolute atomic E-state index is 12.8. The fourth-order valence-corrected chi connectivity index (χ4v) is 10.7. The number of carbonyl (C=O) groups is 1. The van der Waals surface area contributed by atoms with Crippen LogP contribution in [-0.4, -0.2) is 59.3 Å². The number of ether oxygens (including phenoxy) is 2. The average Bonchev–Trinajstić information content (AvgIpc) is 3.33. The third kappa shape index (κ3) is 6.07. The van der Waals surface area contributed by atoms with E-state index >= 15 is 0 Å². The molecule has 218 valence electrons. The second-order valence-corrected chi connectivity index (χ2v) is 16.2.